The molecule has 2 aliphatic rings. The van der Waals surface area contributed by atoms with Crippen LogP contribution in [0.5, 0.6) is 0 Å². The monoisotopic (exact) mass is 782 g/mol. The summed E-state index contributed by atoms with van der Waals surface area (Å²) < 4.78 is 26.2. The maximum atomic E-state index is 10.7. The first-order valence-corrected chi connectivity index (χ1v) is 21.8. The number of ether oxygens (including phenoxy) is 2. The summed E-state index contributed by atoms with van der Waals surface area (Å²) in [7, 11) is 0. The summed E-state index contributed by atoms with van der Waals surface area (Å²) in [5.74, 6) is 0.335. The van der Waals surface area contributed by atoms with Gasteiger partial charge in [0.15, 0.2) is 46.6 Å². The van der Waals surface area contributed by atoms with Gasteiger partial charge in [-0.25, -0.2) is 29.9 Å². The second-order valence-corrected chi connectivity index (χ2v) is 22.0. The highest BCUT2D eigenvalue weighted by molar-refractivity contribution is 8.61. The predicted octanol–water partition coefficient (Wildman–Crippen LogP) is -1.41. The molecule has 26 heteroatoms. The van der Waals surface area contributed by atoms with Gasteiger partial charge in [0.1, 0.15) is 60.3 Å². The topological polar surface area (TPSA) is 281 Å². The average Bonchev–Trinajstić information content (AvgIpc) is 3.80. The average molecular weight is 783 g/mol. The van der Waals surface area contributed by atoms with Crippen LogP contribution in [0.2, 0.25) is 0 Å². The number of aliphatic hydroxyl groups is 4. The van der Waals surface area contributed by atoms with Crippen molar-refractivity contribution in [3.63, 3.8) is 0 Å². The normalized spacial score (nSPS) is 30.2. The molecule has 6 heterocycles. The van der Waals surface area contributed by atoms with Gasteiger partial charge in [0, 0.05) is 13.1 Å². The van der Waals surface area contributed by atoms with Crippen LogP contribution in [0.1, 0.15) is 12.5 Å². The first-order valence-electron chi connectivity index (χ1n) is 14.1. The molecule has 6 rings (SSSR count). The van der Waals surface area contributed by atoms with E-state index in [-0.39, 0.29) is 37.9 Å². The molecule has 0 bridgehead atoms. The Morgan fingerprint density at radius 3 is 1.50 bits per heavy atom. The lowest BCUT2D eigenvalue weighted by molar-refractivity contribution is -0.0462. The summed E-state index contributed by atoms with van der Waals surface area (Å²) in [5.41, 5.74) is 7.26. The largest absolute Gasteiger partial charge is 0.387 e. The number of imidazole rings is 2. The number of hydrogen-bond acceptors (Lipinski definition) is 18. The van der Waals surface area contributed by atoms with Crippen molar-refractivity contribution in [1.29, 1.82) is 0 Å². The molecule has 0 saturated carbocycles. The zero-order chi connectivity index (χ0) is 34.4. The van der Waals surface area contributed by atoms with Gasteiger partial charge < -0.3 is 50.4 Å². The van der Waals surface area contributed by atoms with E-state index in [1.165, 1.54) is 34.4 Å². The van der Waals surface area contributed by atoms with Crippen molar-refractivity contribution in [2.24, 2.45) is 0 Å². The van der Waals surface area contributed by atoms with Gasteiger partial charge in [-0.15, -0.1) is 24.5 Å². The van der Waals surface area contributed by atoms with E-state index in [1.807, 2.05) is 0 Å². The van der Waals surface area contributed by atoms with E-state index in [0.29, 0.717) is 22.3 Å². The summed E-state index contributed by atoms with van der Waals surface area (Å²) >= 11 is 19.8. The highest BCUT2D eigenvalue weighted by atomic mass is 32.9. The van der Waals surface area contributed by atoms with E-state index in [1.54, 1.807) is 0 Å². The number of nitrogens with one attached hydrogen (secondary N) is 2. The maximum absolute atomic E-state index is 10.7. The minimum atomic E-state index is -2.88. The number of fused-ring (bicyclic) bond motifs is 2. The van der Waals surface area contributed by atoms with Gasteiger partial charge >= 0.3 is 0 Å². The van der Waals surface area contributed by atoms with Crippen molar-refractivity contribution in [2.75, 3.05) is 37.8 Å². The summed E-state index contributed by atoms with van der Waals surface area (Å²) in [6, 6.07) is 0. The first kappa shape index (κ1) is 36.1. The van der Waals surface area contributed by atoms with Gasteiger partial charge in [0.05, 0.1) is 25.9 Å². The highest BCUT2D eigenvalue weighted by Crippen LogP contribution is 2.50. The second kappa shape index (κ2) is 14.5. The number of thiol groups is 2. The standard InChI is InChI=1S/C22H32N12O8P2S4/c23-17-11-19(27-5-25-17)33(7-29-11)21-15(37)13(35)9(41-21)3-39-43(45,46)31-1-2-32-44(47,48)40-4-10-14(36)16(38)22(42-10)34-8-30-12-18(24)26-6-28-20(12)34/h5-10,13-16,21-22,35-38H,1-4H2,(H2,23,25,27)(H2,24,26,28)(H2,31,45,46)(H2,32,47,48)/t9-,10-,13-,14-,15-,16-,21-,22-/m1/s1. The van der Waals surface area contributed by atoms with Crippen molar-refractivity contribution in [1.82, 2.24) is 49.2 Å². The lowest BCUT2D eigenvalue weighted by Crippen LogP contribution is -2.34. The van der Waals surface area contributed by atoms with Gasteiger partial charge in [-0.05, 0) is 23.6 Å². The summed E-state index contributed by atoms with van der Waals surface area (Å²) in [4.78, 5) is 24.4. The maximum Gasteiger partial charge on any atom is 0.182 e. The molecule has 10 atom stereocenters. The van der Waals surface area contributed by atoms with Crippen molar-refractivity contribution >= 4 is 93.3 Å². The predicted molar refractivity (Wildman–Crippen MR) is 186 cm³/mol. The highest BCUT2D eigenvalue weighted by Gasteiger charge is 2.46. The third kappa shape index (κ3) is 7.49. The Balaban J connectivity index is 0.945. The number of nitrogens with zero attached hydrogens (tertiary/aromatic N) is 8. The third-order valence-corrected chi connectivity index (χ3v) is 12.8. The summed E-state index contributed by atoms with van der Waals surface area (Å²) in [6.07, 6.45) is -3.79. The second-order valence-electron chi connectivity index (χ2n) is 10.7. The van der Waals surface area contributed by atoms with Crippen LogP contribution < -0.4 is 21.6 Å². The van der Waals surface area contributed by atoms with Crippen LogP contribution in [0.25, 0.3) is 22.3 Å². The fraction of sp³-hybridized carbons (Fsp3) is 0.545. The van der Waals surface area contributed by atoms with E-state index in [2.05, 4.69) is 64.6 Å². The fourth-order valence-electron chi connectivity index (χ4n) is 5.14. The van der Waals surface area contributed by atoms with Crippen LogP contribution in [0.3, 0.4) is 0 Å². The number of nitrogens with two attached hydrogens (primary N) is 2. The van der Waals surface area contributed by atoms with Gasteiger partial charge in [0.25, 0.3) is 0 Å². The zero-order valence-electron chi connectivity index (χ0n) is 24.5. The van der Waals surface area contributed by atoms with E-state index in [0.717, 1.165) is 0 Å². The van der Waals surface area contributed by atoms with Crippen LogP contribution >= 0.6 is 35.7 Å². The van der Waals surface area contributed by atoms with Gasteiger partial charge in [-0.1, -0.05) is 0 Å². The Labute approximate surface area is 292 Å². The minimum absolute atomic E-state index is 0.167. The van der Waals surface area contributed by atoms with Gasteiger partial charge in [-0.3, -0.25) is 19.3 Å². The molecule has 0 aliphatic carbocycles. The quantitative estimate of drug-likeness (QED) is 0.0424. The Hall–Kier alpha value is -1.70. The molecule has 2 unspecified atom stereocenters. The van der Waals surface area contributed by atoms with Crippen LogP contribution in [-0.2, 0) is 42.1 Å². The Morgan fingerprint density at radius 2 is 1.10 bits per heavy atom. The molecule has 0 radical (unpaired) electrons. The van der Waals surface area contributed by atoms with Crippen LogP contribution in [0.4, 0.5) is 11.6 Å². The summed E-state index contributed by atoms with van der Waals surface area (Å²) in [6.45, 7) is 0.178. The van der Waals surface area contributed by atoms with Crippen LogP contribution in [0, 0.1) is 0 Å². The number of nitrogen functional groups attached to an aromatic ring is 2. The smallest absolute Gasteiger partial charge is 0.182 e. The van der Waals surface area contributed by atoms with E-state index >= 15 is 0 Å². The number of aliphatic hydroxyl groups excluding tert-OH is 4. The van der Waals surface area contributed by atoms with Crippen molar-refractivity contribution in [2.45, 2.75) is 49.1 Å². The van der Waals surface area contributed by atoms with Gasteiger partial charge in [-0.2, -0.15) is 0 Å². The molecule has 10 N–H and O–H groups in total. The Morgan fingerprint density at radius 1 is 0.708 bits per heavy atom. The fourth-order valence-corrected chi connectivity index (χ4v) is 8.72. The lowest BCUT2D eigenvalue weighted by atomic mass is 10.1. The molecule has 48 heavy (non-hydrogen) atoms. The first-order chi connectivity index (χ1) is 22.8. The minimum Gasteiger partial charge on any atom is -0.387 e. The Bertz CT molecular complexity index is 1740. The molecule has 0 spiro atoms. The molecule has 2 aliphatic heterocycles. The molecule has 2 saturated heterocycles. The van der Waals surface area contributed by atoms with Crippen molar-refractivity contribution in [3.05, 3.63) is 25.3 Å². The van der Waals surface area contributed by atoms with Crippen LogP contribution in [0.15, 0.2) is 25.3 Å². The number of anilines is 2. The number of aromatic nitrogens is 8. The van der Waals surface area contributed by atoms with E-state index in [4.69, 9.17) is 53.6 Å². The van der Waals surface area contributed by atoms with Crippen molar-refractivity contribution in [3.8, 4) is 0 Å². The Kier molecular flexibility index (Phi) is 10.9. The molecule has 20 nitrogen and oxygen atoms in total. The molecule has 4 aromatic heterocycles. The zero-order valence-corrected chi connectivity index (χ0v) is 29.7. The van der Waals surface area contributed by atoms with E-state index < -0.39 is 60.3 Å². The molecule has 2 fully saturated rings. The third-order valence-electron chi connectivity index (χ3n) is 7.57. The molecule has 4 aromatic rings. The molecular formula is C22H32N12O8P2S4. The molecular weight excluding hydrogens is 751 g/mol. The molecule has 0 amide bonds. The molecule has 0 aromatic carbocycles. The molecule has 262 valence electrons. The lowest BCUT2D eigenvalue weighted by Gasteiger charge is -2.23. The van der Waals surface area contributed by atoms with Crippen LogP contribution in [-0.4, -0.2) is 122 Å². The van der Waals surface area contributed by atoms with Gasteiger partial charge in [0.2, 0.25) is 0 Å². The summed E-state index contributed by atoms with van der Waals surface area (Å²) in [5, 5.41) is 48.6. The van der Waals surface area contributed by atoms with Crippen molar-refractivity contribution < 1.29 is 38.9 Å². The van der Waals surface area contributed by atoms with E-state index in [9.17, 15) is 20.4 Å². The number of rotatable bonds is 13. The SMILES string of the molecule is Nc1ncnc2c1ncn2[C@@H]1O[C@H](COP(=S)(S)NCCNP(=S)(S)OC[C@H]2O[C@@H](n3cnc4c(N)ncnc43)[C@H](O)[C@@H]2O)[C@@H](O)[C@H]1O. The number of hydrogen-bond donors (Lipinski definition) is 10.